The third-order valence-corrected chi connectivity index (χ3v) is 2.76. The number of carbonyl (C=O) groups is 1. The van der Waals surface area contributed by atoms with Gasteiger partial charge in [-0.3, -0.25) is 10.6 Å². The number of benzene rings is 2. The Morgan fingerprint density at radius 2 is 1.75 bits per heavy atom. The van der Waals surface area contributed by atoms with Crippen molar-refractivity contribution in [1.29, 1.82) is 0 Å². The number of carbonyl (C=O) groups excluding carboxylic acids is 1. The third kappa shape index (κ3) is 3.10. The standard InChI is InChI=1S/C14H13F2N3O/c1-8-4-9(2-3-13(8)19-17)14(20)18-12-6-10(15)5-11(16)7-12/h2-7,19H,17H2,1H3,(H,18,20). The van der Waals surface area contributed by atoms with Gasteiger partial charge in [0.1, 0.15) is 11.6 Å². The topological polar surface area (TPSA) is 67.2 Å². The van der Waals surface area contributed by atoms with Crippen LogP contribution in [0.15, 0.2) is 36.4 Å². The summed E-state index contributed by atoms with van der Waals surface area (Å²) >= 11 is 0. The summed E-state index contributed by atoms with van der Waals surface area (Å²) < 4.78 is 26.1. The molecule has 0 bridgehead atoms. The van der Waals surface area contributed by atoms with Crippen LogP contribution in [0.4, 0.5) is 20.2 Å². The normalized spacial score (nSPS) is 10.2. The number of aryl methyl sites for hydroxylation is 1. The molecule has 0 fully saturated rings. The zero-order valence-corrected chi connectivity index (χ0v) is 10.7. The van der Waals surface area contributed by atoms with E-state index in [9.17, 15) is 13.6 Å². The molecular formula is C14H13F2N3O. The summed E-state index contributed by atoms with van der Waals surface area (Å²) in [6, 6.07) is 7.67. The van der Waals surface area contributed by atoms with Crippen molar-refractivity contribution in [2.75, 3.05) is 10.7 Å². The Labute approximate surface area is 114 Å². The Hall–Kier alpha value is -2.47. The van der Waals surface area contributed by atoms with E-state index in [1.54, 1.807) is 25.1 Å². The highest BCUT2D eigenvalue weighted by Crippen LogP contribution is 2.18. The van der Waals surface area contributed by atoms with Crippen LogP contribution < -0.4 is 16.6 Å². The minimum atomic E-state index is -0.751. The lowest BCUT2D eigenvalue weighted by Gasteiger charge is -2.09. The number of rotatable bonds is 3. The van der Waals surface area contributed by atoms with Gasteiger partial charge in [-0.25, -0.2) is 8.78 Å². The first-order valence-electron chi connectivity index (χ1n) is 5.84. The molecule has 2 aromatic rings. The number of nitrogen functional groups attached to an aromatic ring is 1. The van der Waals surface area contributed by atoms with Gasteiger partial charge in [0.25, 0.3) is 5.91 Å². The molecule has 0 aliphatic heterocycles. The van der Waals surface area contributed by atoms with E-state index in [-0.39, 0.29) is 5.69 Å². The lowest BCUT2D eigenvalue weighted by Crippen LogP contribution is -2.14. The van der Waals surface area contributed by atoms with Gasteiger partial charge in [0.15, 0.2) is 0 Å². The first kappa shape index (κ1) is 14.0. The second-order valence-corrected chi connectivity index (χ2v) is 4.29. The molecule has 0 atom stereocenters. The Morgan fingerprint density at radius 1 is 1.10 bits per heavy atom. The van der Waals surface area contributed by atoms with Gasteiger partial charge in [-0.15, -0.1) is 0 Å². The molecule has 0 saturated carbocycles. The highest BCUT2D eigenvalue weighted by atomic mass is 19.1. The van der Waals surface area contributed by atoms with E-state index in [0.717, 1.165) is 23.8 Å². The Balaban J connectivity index is 2.21. The maximum absolute atomic E-state index is 13.0. The van der Waals surface area contributed by atoms with Crippen molar-refractivity contribution in [3.05, 3.63) is 59.2 Å². The van der Waals surface area contributed by atoms with Gasteiger partial charge < -0.3 is 10.7 Å². The van der Waals surface area contributed by atoms with E-state index >= 15 is 0 Å². The predicted octanol–water partition coefficient (Wildman–Crippen LogP) is 2.81. The number of nitrogens with one attached hydrogen (secondary N) is 2. The van der Waals surface area contributed by atoms with Gasteiger partial charge in [0.05, 0.1) is 5.69 Å². The predicted molar refractivity (Wildman–Crippen MR) is 73.3 cm³/mol. The molecule has 20 heavy (non-hydrogen) atoms. The van der Waals surface area contributed by atoms with E-state index in [2.05, 4.69) is 10.7 Å². The molecule has 0 spiro atoms. The molecule has 0 unspecified atom stereocenters. The largest absolute Gasteiger partial charge is 0.324 e. The molecule has 4 N–H and O–H groups in total. The van der Waals surface area contributed by atoms with E-state index in [1.807, 2.05) is 0 Å². The molecule has 4 nitrogen and oxygen atoms in total. The van der Waals surface area contributed by atoms with Crippen LogP contribution in [-0.2, 0) is 0 Å². The molecule has 6 heteroatoms. The average Bonchev–Trinajstić information content (AvgIpc) is 2.37. The zero-order chi connectivity index (χ0) is 14.7. The quantitative estimate of drug-likeness (QED) is 0.597. The van der Waals surface area contributed by atoms with Gasteiger partial charge in [-0.05, 0) is 42.8 Å². The summed E-state index contributed by atoms with van der Waals surface area (Å²) in [5.74, 6) is 3.34. The summed E-state index contributed by atoms with van der Waals surface area (Å²) in [4.78, 5) is 12.0. The van der Waals surface area contributed by atoms with Gasteiger partial charge in [0, 0.05) is 17.3 Å². The van der Waals surface area contributed by atoms with Crippen LogP contribution in [0.25, 0.3) is 0 Å². The highest BCUT2D eigenvalue weighted by Gasteiger charge is 2.09. The van der Waals surface area contributed by atoms with Crippen LogP contribution in [0.1, 0.15) is 15.9 Å². The summed E-state index contributed by atoms with van der Waals surface area (Å²) in [5.41, 5.74) is 4.40. The van der Waals surface area contributed by atoms with Crippen LogP contribution in [0, 0.1) is 18.6 Å². The molecular weight excluding hydrogens is 264 g/mol. The molecule has 2 rings (SSSR count). The molecule has 0 aromatic heterocycles. The number of halogens is 2. The van der Waals surface area contributed by atoms with Gasteiger partial charge in [0.2, 0.25) is 0 Å². The van der Waals surface area contributed by atoms with E-state index in [1.165, 1.54) is 0 Å². The maximum Gasteiger partial charge on any atom is 0.255 e. The summed E-state index contributed by atoms with van der Waals surface area (Å²) in [5, 5.41) is 2.43. The van der Waals surface area contributed by atoms with Crippen molar-refractivity contribution in [2.45, 2.75) is 6.92 Å². The van der Waals surface area contributed by atoms with Crippen molar-refractivity contribution in [2.24, 2.45) is 5.84 Å². The van der Waals surface area contributed by atoms with Gasteiger partial charge >= 0.3 is 0 Å². The Kier molecular flexibility index (Phi) is 3.95. The van der Waals surface area contributed by atoms with Crippen LogP contribution in [0.3, 0.4) is 0 Å². The number of anilines is 2. The average molecular weight is 277 g/mol. The van der Waals surface area contributed by atoms with Crippen molar-refractivity contribution in [3.8, 4) is 0 Å². The van der Waals surface area contributed by atoms with E-state index in [0.29, 0.717) is 11.3 Å². The van der Waals surface area contributed by atoms with Crippen molar-refractivity contribution in [1.82, 2.24) is 0 Å². The molecule has 0 aliphatic carbocycles. The third-order valence-electron chi connectivity index (χ3n) is 2.76. The summed E-state index contributed by atoms with van der Waals surface area (Å²) in [6.45, 7) is 1.79. The molecule has 0 aliphatic rings. The molecule has 1 amide bonds. The van der Waals surface area contributed by atoms with E-state index in [4.69, 9.17) is 5.84 Å². The molecule has 0 saturated heterocycles. The second-order valence-electron chi connectivity index (χ2n) is 4.29. The highest BCUT2D eigenvalue weighted by molar-refractivity contribution is 6.04. The number of hydrogen-bond donors (Lipinski definition) is 3. The first-order chi connectivity index (χ1) is 9.49. The van der Waals surface area contributed by atoms with Crippen molar-refractivity contribution < 1.29 is 13.6 Å². The lowest BCUT2D eigenvalue weighted by atomic mass is 10.1. The summed E-state index contributed by atoms with van der Waals surface area (Å²) in [7, 11) is 0. The SMILES string of the molecule is Cc1cc(C(=O)Nc2cc(F)cc(F)c2)ccc1NN. The van der Waals surface area contributed by atoms with E-state index < -0.39 is 17.5 Å². The second kappa shape index (κ2) is 5.66. The van der Waals surface area contributed by atoms with Gasteiger partial charge in [-0.1, -0.05) is 0 Å². The molecule has 0 heterocycles. The maximum atomic E-state index is 13.0. The number of hydrogen-bond acceptors (Lipinski definition) is 3. The minimum absolute atomic E-state index is 0.0613. The smallest absolute Gasteiger partial charge is 0.255 e. The number of amides is 1. The number of nitrogens with two attached hydrogens (primary N) is 1. The van der Waals surface area contributed by atoms with Crippen LogP contribution in [0.2, 0.25) is 0 Å². The molecule has 2 aromatic carbocycles. The number of hydrazine groups is 1. The fourth-order valence-electron chi connectivity index (χ4n) is 1.80. The fourth-order valence-corrected chi connectivity index (χ4v) is 1.80. The monoisotopic (exact) mass is 277 g/mol. The molecule has 0 radical (unpaired) electrons. The minimum Gasteiger partial charge on any atom is -0.324 e. The van der Waals surface area contributed by atoms with Crippen LogP contribution in [-0.4, -0.2) is 5.91 Å². The zero-order valence-electron chi connectivity index (χ0n) is 10.7. The Morgan fingerprint density at radius 3 is 2.30 bits per heavy atom. The summed E-state index contributed by atoms with van der Waals surface area (Å²) in [6.07, 6.45) is 0. The fraction of sp³-hybridized carbons (Fsp3) is 0.0714. The lowest BCUT2D eigenvalue weighted by molar-refractivity contribution is 0.102. The van der Waals surface area contributed by atoms with Crippen LogP contribution >= 0.6 is 0 Å². The Bertz CT molecular complexity index is 639. The first-order valence-corrected chi connectivity index (χ1v) is 5.84. The van der Waals surface area contributed by atoms with Crippen LogP contribution in [0.5, 0.6) is 0 Å². The van der Waals surface area contributed by atoms with Crippen molar-refractivity contribution in [3.63, 3.8) is 0 Å². The van der Waals surface area contributed by atoms with Crippen molar-refractivity contribution >= 4 is 17.3 Å². The molecule has 104 valence electrons. The van der Waals surface area contributed by atoms with Gasteiger partial charge in [-0.2, -0.15) is 0 Å².